The average Bonchev–Trinajstić information content (AvgIpc) is 2.75. The summed E-state index contributed by atoms with van der Waals surface area (Å²) in [5.74, 6) is 2.63. The second-order valence-corrected chi connectivity index (χ2v) is 7.33. The van der Waals surface area contributed by atoms with E-state index in [1.165, 1.54) is 0 Å². The first-order valence-electron chi connectivity index (χ1n) is 10.2. The molecule has 1 aromatic carbocycles. The van der Waals surface area contributed by atoms with Crippen LogP contribution in [-0.2, 0) is 0 Å². The van der Waals surface area contributed by atoms with E-state index in [-0.39, 0.29) is 6.10 Å². The summed E-state index contributed by atoms with van der Waals surface area (Å²) in [5, 5.41) is 9.95. The Hall–Kier alpha value is -2.54. The van der Waals surface area contributed by atoms with Crippen molar-refractivity contribution in [1.29, 1.82) is 0 Å². The molecule has 0 amide bonds. The fourth-order valence-corrected chi connectivity index (χ4v) is 3.97. The minimum atomic E-state index is -0.263. The highest BCUT2D eigenvalue weighted by molar-refractivity contribution is 5.59. The van der Waals surface area contributed by atoms with E-state index >= 15 is 0 Å². The molecule has 0 saturated carbocycles. The van der Waals surface area contributed by atoms with Crippen molar-refractivity contribution >= 4 is 17.5 Å². The molecule has 1 N–H and O–H groups in total. The minimum absolute atomic E-state index is 0.263. The van der Waals surface area contributed by atoms with Gasteiger partial charge in [-0.05, 0) is 38.0 Å². The molecule has 0 spiro atoms. The average molecular weight is 383 g/mol. The van der Waals surface area contributed by atoms with Gasteiger partial charge in [-0.1, -0.05) is 12.1 Å². The maximum Gasteiger partial charge on any atom is 0.227 e. The molecule has 150 valence electrons. The van der Waals surface area contributed by atoms with E-state index in [0.29, 0.717) is 13.2 Å². The van der Waals surface area contributed by atoms with Crippen LogP contribution in [0.4, 0.5) is 17.5 Å². The third-order valence-corrected chi connectivity index (χ3v) is 5.42. The molecule has 1 atom stereocenters. The molecule has 0 aliphatic carbocycles. The van der Waals surface area contributed by atoms with Gasteiger partial charge in [0, 0.05) is 45.5 Å². The van der Waals surface area contributed by atoms with Gasteiger partial charge in [-0.3, -0.25) is 0 Å². The van der Waals surface area contributed by atoms with E-state index in [4.69, 9.17) is 9.72 Å². The number of benzene rings is 1. The van der Waals surface area contributed by atoms with Crippen molar-refractivity contribution in [1.82, 2.24) is 9.97 Å². The second kappa shape index (κ2) is 8.65. The van der Waals surface area contributed by atoms with E-state index in [0.717, 1.165) is 68.8 Å². The van der Waals surface area contributed by atoms with E-state index in [1.807, 2.05) is 31.3 Å². The van der Waals surface area contributed by atoms with Crippen molar-refractivity contribution in [3.8, 4) is 5.75 Å². The van der Waals surface area contributed by atoms with Gasteiger partial charge in [-0.15, -0.1) is 0 Å². The molecule has 7 nitrogen and oxygen atoms in total. The Balaban J connectivity index is 1.42. The fourth-order valence-electron chi connectivity index (χ4n) is 3.97. The van der Waals surface area contributed by atoms with Gasteiger partial charge in [0.05, 0.1) is 18.4 Å². The number of β-amino-alcohol motifs (C(OH)–C–C–N with tert-alkyl or cyclic N) is 1. The maximum absolute atomic E-state index is 9.95. The van der Waals surface area contributed by atoms with Gasteiger partial charge in [0.2, 0.25) is 5.95 Å². The zero-order valence-electron chi connectivity index (χ0n) is 16.5. The largest absolute Gasteiger partial charge is 0.492 e. The highest BCUT2D eigenvalue weighted by Crippen LogP contribution is 2.29. The van der Waals surface area contributed by atoms with Crippen molar-refractivity contribution in [2.24, 2.45) is 0 Å². The smallest absolute Gasteiger partial charge is 0.227 e. The molecule has 1 unspecified atom stereocenters. The summed E-state index contributed by atoms with van der Waals surface area (Å²) in [5.41, 5.74) is 1.15. The molecule has 1 aromatic heterocycles. The van der Waals surface area contributed by atoms with E-state index in [9.17, 15) is 5.11 Å². The summed E-state index contributed by atoms with van der Waals surface area (Å²) >= 11 is 0. The lowest BCUT2D eigenvalue weighted by Gasteiger charge is -2.37. The Kier molecular flexibility index (Phi) is 5.81. The number of aliphatic hydroxyl groups excluding tert-OH is 1. The van der Waals surface area contributed by atoms with Crippen LogP contribution >= 0.6 is 0 Å². The summed E-state index contributed by atoms with van der Waals surface area (Å²) in [6.45, 7) is 7.82. The number of aromatic nitrogens is 2. The predicted molar refractivity (Wildman–Crippen MR) is 112 cm³/mol. The molecular weight excluding hydrogens is 354 g/mol. The first-order chi connectivity index (χ1) is 13.7. The molecule has 28 heavy (non-hydrogen) atoms. The number of hydrogen-bond acceptors (Lipinski definition) is 7. The number of para-hydroxylation sites is 2. The zero-order valence-corrected chi connectivity index (χ0v) is 16.5. The highest BCUT2D eigenvalue weighted by Gasteiger charge is 2.23. The third kappa shape index (κ3) is 4.14. The van der Waals surface area contributed by atoms with Gasteiger partial charge in [-0.2, -0.15) is 4.98 Å². The van der Waals surface area contributed by atoms with Gasteiger partial charge in [-0.25, -0.2) is 4.98 Å². The maximum atomic E-state index is 9.95. The summed E-state index contributed by atoms with van der Waals surface area (Å²) in [6.07, 6.45) is 3.44. The van der Waals surface area contributed by atoms with Crippen molar-refractivity contribution in [3.05, 3.63) is 36.5 Å². The van der Waals surface area contributed by atoms with Gasteiger partial charge < -0.3 is 24.5 Å². The monoisotopic (exact) mass is 383 g/mol. The SMILES string of the molecule is CCOc1ccccc1N1CCN(c2nccc(N3CCCC(O)C3)n2)CC1. The number of nitrogens with zero attached hydrogens (tertiary/aromatic N) is 5. The Morgan fingerprint density at radius 3 is 2.61 bits per heavy atom. The van der Waals surface area contributed by atoms with Crippen LogP contribution in [0.15, 0.2) is 36.5 Å². The molecule has 0 bridgehead atoms. The molecule has 2 aliphatic heterocycles. The minimum Gasteiger partial charge on any atom is -0.492 e. The Labute approximate surface area is 166 Å². The number of rotatable bonds is 5. The number of piperidine rings is 1. The zero-order chi connectivity index (χ0) is 19.3. The molecule has 2 aliphatic rings. The first-order valence-corrected chi connectivity index (χ1v) is 10.2. The molecule has 2 fully saturated rings. The number of hydrogen-bond donors (Lipinski definition) is 1. The lowest BCUT2D eigenvalue weighted by Crippen LogP contribution is -2.47. The van der Waals surface area contributed by atoms with Gasteiger partial charge in [0.25, 0.3) is 0 Å². The first kappa shape index (κ1) is 18.8. The highest BCUT2D eigenvalue weighted by atomic mass is 16.5. The molecule has 4 rings (SSSR count). The van der Waals surface area contributed by atoms with Crippen LogP contribution in [-0.4, -0.2) is 67.1 Å². The normalized spacial score (nSPS) is 20.4. The Morgan fingerprint density at radius 2 is 1.82 bits per heavy atom. The standard InChI is InChI=1S/C21H29N5O2/c1-2-28-19-8-4-3-7-18(19)24-12-14-25(15-13-24)21-22-10-9-20(23-21)26-11-5-6-17(27)16-26/h3-4,7-10,17,27H,2,5-6,11-16H2,1H3. The molecule has 2 saturated heterocycles. The lowest BCUT2D eigenvalue weighted by atomic mass is 10.1. The second-order valence-electron chi connectivity index (χ2n) is 7.33. The van der Waals surface area contributed by atoms with Crippen molar-refractivity contribution in [2.45, 2.75) is 25.9 Å². The predicted octanol–water partition coefficient (Wildman–Crippen LogP) is 2.16. The van der Waals surface area contributed by atoms with Crippen molar-refractivity contribution in [3.63, 3.8) is 0 Å². The van der Waals surface area contributed by atoms with Crippen LogP contribution in [0.2, 0.25) is 0 Å². The van der Waals surface area contributed by atoms with Crippen LogP contribution in [0.25, 0.3) is 0 Å². The molecule has 0 radical (unpaired) electrons. The third-order valence-electron chi connectivity index (χ3n) is 5.42. The fraction of sp³-hybridized carbons (Fsp3) is 0.524. The molecular formula is C21H29N5O2. The molecule has 2 aromatic rings. The summed E-state index contributed by atoms with van der Waals surface area (Å²) in [6, 6.07) is 10.2. The number of piperazine rings is 1. The van der Waals surface area contributed by atoms with Gasteiger partial charge >= 0.3 is 0 Å². The Bertz CT molecular complexity index is 779. The molecule has 3 heterocycles. The topological polar surface area (TPSA) is 65.0 Å². The number of ether oxygens (including phenoxy) is 1. The summed E-state index contributed by atoms with van der Waals surface area (Å²) in [7, 11) is 0. The van der Waals surface area contributed by atoms with E-state index in [1.54, 1.807) is 0 Å². The van der Waals surface area contributed by atoms with E-state index < -0.39 is 0 Å². The number of aliphatic hydroxyl groups is 1. The van der Waals surface area contributed by atoms with E-state index in [2.05, 4.69) is 31.8 Å². The summed E-state index contributed by atoms with van der Waals surface area (Å²) in [4.78, 5) is 16.1. The van der Waals surface area contributed by atoms with Crippen LogP contribution in [0.3, 0.4) is 0 Å². The summed E-state index contributed by atoms with van der Waals surface area (Å²) < 4.78 is 5.79. The Morgan fingerprint density at radius 1 is 1.04 bits per heavy atom. The molecule has 7 heteroatoms. The lowest BCUT2D eigenvalue weighted by molar-refractivity contribution is 0.154. The van der Waals surface area contributed by atoms with Crippen LogP contribution in [0.1, 0.15) is 19.8 Å². The van der Waals surface area contributed by atoms with Crippen molar-refractivity contribution in [2.75, 3.05) is 60.6 Å². The van der Waals surface area contributed by atoms with Crippen LogP contribution in [0, 0.1) is 0 Å². The van der Waals surface area contributed by atoms with Gasteiger partial charge in [0.15, 0.2) is 0 Å². The quantitative estimate of drug-likeness (QED) is 0.849. The van der Waals surface area contributed by atoms with Gasteiger partial charge in [0.1, 0.15) is 11.6 Å². The number of anilines is 3. The van der Waals surface area contributed by atoms with Crippen LogP contribution in [0.5, 0.6) is 5.75 Å². The van der Waals surface area contributed by atoms with Crippen molar-refractivity contribution < 1.29 is 9.84 Å². The van der Waals surface area contributed by atoms with Crippen LogP contribution < -0.4 is 19.4 Å².